The number of hydrogen-bond acceptors (Lipinski definition) is 4. The normalized spacial score (nSPS) is 18.0. The summed E-state index contributed by atoms with van der Waals surface area (Å²) in [4.78, 5) is 13.7. The molecule has 162 valence electrons. The van der Waals surface area contributed by atoms with E-state index in [1.807, 2.05) is 36.1 Å². The Balaban J connectivity index is 2.07. The van der Waals surface area contributed by atoms with Crippen LogP contribution in [0.2, 0.25) is 0 Å². The number of aromatic hydroxyl groups is 1. The van der Waals surface area contributed by atoms with Crippen LogP contribution < -0.4 is 9.47 Å². The van der Waals surface area contributed by atoms with E-state index in [-0.39, 0.29) is 17.8 Å². The minimum absolute atomic E-state index is 0.0776. The number of methoxy groups -OCH3 is 1. The molecule has 0 bridgehead atoms. The van der Waals surface area contributed by atoms with Crippen molar-refractivity contribution in [1.29, 1.82) is 0 Å². The zero-order valence-electron chi connectivity index (χ0n) is 18.7. The first-order chi connectivity index (χ1) is 14.9. The Morgan fingerprint density at radius 3 is 2.65 bits per heavy atom. The van der Waals surface area contributed by atoms with E-state index in [0.717, 1.165) is 46.2 Å². The lowest BCUT2D eigenvalue weighted by Gasteiger charge is -2.39. The highest BCUT2D eigenvalue weighted by Crippen LogP contribution is 2.47. The Morgan fingerprint density at radius 1 is 1.19 bits per heavy atom. The Labute approximate surface area is 183 Å². The Bertz CT molecular complexity index is 1150. The van der Waals surface area contributed by atoms with Crippen molar-refractivity contribution in [1.82, 2.24) is 4.90 Å². The molecule has 3 aromatic rings. The molecule has 3 aromatic carbocycles. The fraction of sp³-hybridized carbons (Fsp3) is 0.346. The first-order valence-electron chi connectivity index (χ1n) is 10.7. The molecule has 1 aliphatic rings. The summed E-state index contributed by atoms with van der Waals surface area (Å²) in [5.74, 6) is 1.68. The van der Waals surface area contributed by atoms with Gasteiger partial charge in [-0.15, -0.1) is 0 Å². The first kappa shape index (κ1) is 21.0. The summed E-state index contributed by atoms with van der Waals surface area (Å²) in [6.07, 6.45) is 1.67. The van der Waals surface area contributed by atoms with Crippen molar-refractivity contribution in [2.24, 2.45) is 0 Å². The van der Waals surface area contributed by atoms with Crippen LogP contribution in [0.25, 0.3) is 21.9 Å². The maximum absolute atomic E-state index is 11.8. The predicted molar refractivity (Wildman–Crippen MR) is 123 cm³/mol. The molecule has 0 aromatic heterocycles. The molecule has 1 heterocycles. The van der Waals surface area contributed by atoms with Crippen LogP contribution in [0.4, 0.5) is 0 Å². The topological polar surface area (TPSA) is 59.0 Å². The second-order valence-electron chi connectivity index (χ2n) is 8.19. The molecular formula is C26H29NO4. The molecule has 1 N–H and O–H groups in total. The fourth-order valence-electron chi connectivity index (χ4n) is 5.04. The zero-order valence-corrected chi connectivity index (χ0v) is 18.7. The Hall–Kier alpha value is -3.21. The number of carbonyl (C=O) groups is 1. The van der Waals surface area contributed by atoms with Crippen LogP contribution >= 0.6 is 0 Å². The molecule has 0 saturated heterocycles. The van der Waals surface area contributed by atoms with Crippen molar-refractivity contribution in [2.45, 2.75) is 46.2 Å². The van der Waals surface area contributed by atoms with Crippen LogP contribution in [0.15, 0.2) is 36.4 Å². The second-order valence-corrected chi connectivity index (χ2v) is 8.19. The van der Waals surface area contributed by atoms with Crippen LogP contribution in [0.1, 0.15) is 43.5 Å². The Morgan fingerprint density at radius 2 is 1.97 bits per heavy atom. The third-order valence-electron chi connectivity index (χ3n) is 6.40. The summed E-state index contributed by atoms with van der Waals surface area (Å²) in [5, 5.41) is 12.3. The van der Waals surface area contributed by atoms with Crippen LogP contribution in [-0.4, -0.2) is 36.2 Å². The number of phenols is 1. The number of hydrogen-bond donors (Lipinski definition) is 1. The van der Waals surface area contributed by atoms with Gasteiger partial charge in [0.25, 0.3) is 0 Å². The number of phenolic OH excluding ortho intramolecular Hbond substituents is 1. The van der Waals surface area contributed by atoms with Crippen molar-refractivity contribution >= 4 is 17.2 Å². The molecule has 0 spiro atoms. The Kier molecular flexibility index (Phi) is 5.52. The monoisotopic (exact) mass is 419 g/mol. The van der Waals surface area contributed by atoms with E-state index in [4.69, 9.17) is 9.47 Å². The molecule has 2 atom stereocenters. The third kappa shape index (κ3) is 3.29. The quantitative estimate of drug-likeness (QED) is 0.563. The van der Waals surface area contributed by atoms with Gasteiger partial charge in [0.05, 0.1) is 25.1 Å². The maximum atomic E-state index is 11.8. The minimum Gasteiger partial charge on any atom is -0.507 e. The molecule has 4 rings (SSSR count). The molecule has 5 nitrogen and oxygen atoms in total. The van der Waals surface area contributed by atoms with E-state index < -0.39 is 0 Å². The van der Waals surface area contributed by atoms with Gasteiger partial charge in [-0.3, -0.25) is 4.79 Å². The molecule has 1 unspecified atom stereocenters. The van der Waals surface area contributed by atoms with Crippen molar-refractivity contribution in [3.8, 4) is 28.4 Å². The molecule has 0 fully saturated rings. The number of amides is 1. The largest absolute Gasteiger partial charge is 0.507 e. The predicted octanol–water partition coefficient (Wildman–Crippen LogP) is 5.39. The minimum atomic E-state index is -0.0871. The van der Waals surface area contributed by atoms with Gasteiger partial charge in [-0.25, -0.2) is 0 Å². The lowest BCUT2D eigenvalue weighted by atomic mass is 9.81. The number of benzene rings is 3. The van der Waals surface area contributed by atoms with E-state index in [0.29, 0.717) is 17.7 Å². The summed E-state index contributed by atoms with van der Waals surface area (Å²) in [6, 6.07) is 11.7. The van der Waals surface area contributed by atoms with Crippen molar-refractivity contribution in [3.05, 3.63) is 53.1 Å². The standard InChI is InChI=1S/C26H29NO4/c1-6-31-22-11-10-18(20-13-16(3)27(14-28)17(4)25(20)22)24-15(2)12-23(30-5)26-19(24)8-7-9-21(26)29/h7-12,14,16-17,29H,6,13H2,1-5H3/t16?,17-/m1/s1. The highest BCUT2D eigenvalue weighted by molar-refractivity contribution is 6.05. The average Bonchev–Trinajstić information content (AvgIpc) is 2.74. The SMILES string of the molecule is CCOc1ccc(-c2c(C)cc(OC)c3c(O)cccc23)c2c1[C@@H](C)N(C=O)C(C)C2. The number of ether oxygens (including phenoxy) is 2. The van der Waals surface area contributed by atoms with Crippen molar-refractivity contribution < 1.29 is 19.4 Å². The van der Waals surface area contributed by atoms with Gasteiger partial charge in [-0.1, -0.05) is 18.2 Å². The lowest BCUT2D eigenvalue weighted by Crippen LogP contribution is -2.40. The van der Waals surface area contributed by atoms with Crippen LogP contribution in [-0.2, 0) is 11.2 Å². The smallest absolute Gasteiger partial charge is 0.210 e. The summed E-state index contributed by atoms with van der Waals surface area (Å²) in [6.45, 7) is 8.73. The summed E-state index contributed by atoms with van der Waals surface area (Å²) in [7, 11) is 1.62. The van der Waals surface area contributed by atoms with E-state index in [1.165, 1.54) is 5.56 Å². The molecular weight excluding hydrogens is 390 g/mol. The first-order valence-corrected chi connectivity index (χ1v) is 10.7. The van der Waals surface area contributed by atoms with Crippen molar-refractivity contribution in [2.75, 3.05) is 13.7 Å². The van der Waals surface area contributed by atoms with Gasteiger partial charge < -0.3 is 19.5 Å². The number of nitrogens with zero attached hydrogens (tertiary/aromatic N) is 1. The molecule has 0 saturated carbocycles. The number of aryl methyl sites for hydroxylation is 1. The van der Waals surface area contributed by atoms with Gasteiger partial charge in [0.2, 0.25) is 6.41 Å². The number of rotatable bonds is 5. The summed E-state index contributed by atoms with van der Waals surface area (Å²) in [5.41, 5.74) is 5.51. The van der Waals surface area contributed by atoms with Gasteiger partial charge in [0.1, 0.15) is 17.2 Å². The molecule has 1 aliphatic heterocycles. The molecule has 0 radical (unpaired) electrons. The second kappa shape index (κ2) is 8.14. The van der Waals surface area contributed by atoms with Gasteiger partial charge in [-0.05, 0) is 80.0 Å². The lowest BCUT2D eigenvalue weighted by molar-refractivity contribution is -0.122. The van der Waals surface area contributed by atoms with Gasteiger partial charge in [-0.2, -0.15) is 0 Å². The van der Waals surface area contributed by atoms with E-state index in [2.05, 4.69) is 26.8 Å². The number of carbonyl (C=O) groups excluding carboxylic acids is 1. The zero-order chi connectivity index (χ0) is 22.3. The summed E-state index contributed by atoms with van der Waals surface area (Å²) >= 11 is 0. The van der Waals surface area contributed by atoms with Crippen LogP contribution in [0, 0.1) is 6.92 Å². The van der Waals surface area contributed by atoms with E-state index in [1.54, 1.807) is 13.2 Å². The average molecular weight is 420 g/mol. The molecule has 1 amide bonds. The van der Waals surface area contributed by atoms with Gasteiger partial charge in [0, 0.05) is 11.6 Å². The van der Waals surface area contributed by atoms with Crippen LogP contribution in [0.3, 0.4) is 0 Å². The van der Waals surface area contributed by atoms with Crippen molar-refractivity contribution in [3.63, 3.8) is 0 Å². The molecule has 5 heteroatoms. The maximum Gasteiger partial charge on any atom is 0.210 e. The summed E-state index contributed by atoms with van der Waals surface area (Å²) < 4.78 is 11.5. The van der Waals surface area contributed by atoms with Gasteiger partial charge >= 0.3 is 0 Å². The fourth-order valence-corrected chi connectivity index (χ4v) is 5.04. The molecule has 0 aliphatic carbocycles. The van der Waals surface area contributed by atoms with Crippen LogP contribution in [0.5, 0.6) is 17.2 Å². The highest BCUT2D eigenvalue weighted by atomic mass is 16.5. The van der Waals surface area contributed by atoms with E-state index >= 15 is 0 Å². The highest BCUT2D eigenvalue weighted by Gasteiger charge is 2.33. The van der Waals surface area contributed by atoms with E-state index in [9.17, 15) is 9.90 Å². The number of fused-ring (bicyclic) bond motifs is 2. The van der Waals surface area contributed by atoms with Gasteiger partial charge in [0.15, 0.2) is 0 Å². The molecule has 31 heavy (non-hydrogen) atoms. The third-order valence-corrected chi connectivity index (χ3v) is 6.40.